The first-order valence-corrected chi connectivity index (χ1v) is 8.78. The molecule has 1 aliphatic heterocycles. The minimum atomic E-state index is -0.0790. The highest BCUT2D eigenvalue weighted by atomic mass is 16.5. The fraction of sp³-hybridized carbons (Fsp3) is 0.611. The Bertz CT molecular complexity index is 591. The van der Waals surface area contributed by atoms with Crippen LogP contribution in [0.1, 0.15) is 42.5 Å². The van der Waals surface area contributed by atoms with Gasteiger partial charge in [-0.3, -0.25) is 9.59 Å². The van der Waals surface area contributed by atoms with Gasteiger partial charge in [0.15, 0.2) is 0 Å². The standard InChI is InChI=1S/C18H25N3O3/c1-24-16-15(8-5-9-19-16)18(23)21-12-10-20(11-13-21)17(22)14-6-3-2-4-7-14/h5,8-9,14H,2-4,6-7,10-13H2,1H3. The molecule has 1 aromatic rings. The Balaban J connectivity index is 1.58. The molecule has 3 rings (SSSR count). The summed E-state index contributed by atoms with van der Waals surface area (Å²) >= 11 is 0. The lowest BCUT2D eigenvalue weighted by atomic mass is 9.88. The van der Waals surface area contributed by atoms with E-state index in [9.17, 15) is 9.59 Å². The third-order valence-electron chi connectivity index (χ3n) is 5.03. The summed E-state index contributed by atoms with van der Waals surface area (Å²) in [6.07, 6.45) is 7.22. The molecule has 0 radical (unpaired) electrons. The molecule has 2 aliphatic rings. The molecule has 6 heteroatoms. The first kappa shape index (κ1) is 16.7. The monoisotopic (exact) mass is 331 g/mol. The second-order valence-corrected chi connectivity index (χ2v) is 6.51. The van der Waals surface area contributed by atoms with Crippen LogP contribution >= 0.6 is 0 Å². The van der Waals surface area contributed by atoms with E-state index in [0.29, 0.717) is 37.6 Å². The second-order valence-electron chi connectivity index (χ2n) is 6.51. The summed E-state index contributed by atoms with van der Waals surface area (Å²) in [6, 6.07) is 3.46. The maximum Gasteiger partial charge on any atom is 0.259 e. The minimum absolute atomic E-state index is 0.0790. The van der Waals surface area contributed by atoms with Gasteiger partial charge in [0.05, 0.1) is 7.11 Å². The number of carbonyl (C=O) groups is 2. The van der Waals surface area contributed by atoms with Crippen molar-refractivity contribution in [3.63, 3.8) is 0 Å². The summed E-state index contributed by atoms with van der Waals surface area (Å²) in [5, 5.41) is 0. The Morgan fingerprint density at radius 1 is 1.08 bits per heavy atom. The van der Waals surface area contributed by atoms with E-state index in [2.05, 4.69) is 4.98 Å². The highest BCUT2D eigenvalue weighted by Gasteiger charge is 2.30. The zero-order chi connectivity index (χ0) is 16.9. The van der Waals surface area contributed by atoms with E-state index in [4.69, 9.17) is 4.74 Å². The summed E-state index contributed by atoms with van der Waals surface area (Å²) < 4.78 is 5.17. The number of ether oxygens (including phenoxy) is 1. The Hall–Kier alpha value is -2.11. The third-order valence-corrected chi connectivity index (χ3v) is 5.03. The molecule has 1 aliphatic carbocycles. The topological polar surface area (TPSA) is 62.7 Å². The second kappa shape index (κ2) is 7.64. The summed E-state index contributed by atoms with van der Waals surface area (Å²) in [5.41, 5.74) is 0.479. The number of aromatic nitrogens is 1. The predicted octanol–water partition coefficient (Wildman–Crippen LogP) is 1.95. The van der Waals surface area contributed by atoms with Gasteiger partial charge in [-0.15, -0.1) is 0 Å². The molecule has 1 aromatic heterocycles. The van der Waals surface area contributed by atoms with Crippen molar-refractivity contribution in [1.29, 1.82) is 0 Å². The average Bonchev–Trinajstić information content (AvgIpc) is 2.67. The smallest absolute Gasteiger partial charge is 0.259 e. The van der Waals surface area contributed by atoms with Crippen LogP contribution in [0.2, 0.25) is 0 Å². The van der Waals surface area contributed by atoms with Crippen molar-refractivity contribution in [2.75, 3.05) is 33.3 Å². The van der Waals surface area contributed by atoms with Crippen LogP contribution in [0.15, 0.2) is 18.3 Å². The molecule has 2 heterocycles. The molecule has 130 valence electrons. The number of nitrogens with zero attached hydrogens (tertiary/aromatic N) is 3. The highest BCUT2D eigenvalue weighted by molar-refractivity contribution is 5.96. The van der Waals surface area contributed by atoms with E-state index in [-0.39, 0.29) is 17.7 Å². The van der Waals surface area contributed by atoms with Crippen molar-refractivity contribution in [1.82, 2.24) is 14.8 Å². The third kappa shape index (κ3) is 3.52. The molecule has 1 saturated carbocycles. The van der Waals surface area contributed by atoms with E-state index in [1.165, 1.54) is 13.5 Å². The molecule has 0 aromatic carbocycles. The lowest BCUT2D eigenvalue weighted by molar-refractivity contribution is -0.138. The summed E-state index contributed by atoms with van der Waals surface area (Å²) in [5.74, 6) is 0.744. The number of pyridine rings is 1. The number of hydrogen-bond acceptors (Lipinski definition) is 4. The first-order chi connectivity index (χ1) is 11.7. The largest absolute Gasteiger partial charge is 0.480 e. The number of hydrogen-bond donors (Lipinski definition) is 0. The fourth-order valence-electron chi connectivity index (χ4n) is 3.62. The van der Waals surface area contributed by atoms with Crippen LogP contribution in [0.5, 0.6) is 5.88 Å². The zero-order valence-electron chi connectivity index (χ0n) is 14.2. The summed E-state index contributed by atoms with van der Waals surface area (Å²) in [6.45, 7) is 2.36. The predicted molar refractivity (Wildman–Crippen MR) is 89.8 cm³/mol. The van der Waals surface area contributed by atoms with Crippen LogP contribution in [-0.4, -0.2) is 59.9 Å². The van der Waals surface area contributed by atoms with Gasteiger partial charge in [-0.2, -0.15) is 0 Å². The Morgan fingerprint density at radius 2 is 1.75 bits per heavy atom. The number of amides is 2. The Kier molecular flexibility index (Phi) is 5.33. The van der Waals surface area contributed by atoms with Crippen LogP contribution in [0, 0.1) is 5.92 Å². The maximum atomic E-state index is 12.7. The van der Waals surface area contributed by atoms with Crippen molar-refractivity contribution in [3.05, 3.63) is 23.9 Å². The number of piperazine rings is 1. The Morgan fingerprint density at radius 3 is 2.42 bits per heavy atom. The highest BCUT2D eigenvalue weighted by Crippen LogP contribution is 2.26. The minimum Gasteiger partial charge on any atom is -0.480 e. The van der Waals surface area contributed by atoms with Crippen molar-refractivity contribution in [2.45, 2.75) is 32.1 Å². The normalized spacial score (nSPS) is 19.2. The van der Waals surface area contributed by atoms with Crippen LogP contribution in [0.3, 0.4) is 0 Å². The van der Waals surface area contributed by atoms with E-state index in [1.807, 2.05) is 4.90 Å². The Labute approximate surface area is 142 Å². The number of rotatable bonds is 3. The van der Waals surface area contributed by atoms with Gasteiger partial charge in [0.25, 0.3) is 5.91 Å². The molecular weight excluding hydrogens is 306 g/mol. The van der Waals surface area contributed by atoms with Gasteiger partial charge in [0, 0.05) is 38.3 Å². The van der Waals surface area contributed by atoms with Crippen LogP contribution in [0.4, 0.5) is 0 Å². The maximum absolute atomic E-state index is 12.7. The van der Waals surface area contributed by atoms with E-state index in [1.54, 1.807) is 23.2 Å². The molecule has 0 unspecified atom stereocenters. The van der Waals surface area contributed by atoms with Gasteiger partial charge in [-0.1, -0.05) is 19.3 Å². The lowest BCUT2D eigenvalue weighted by Gasteiger charge is -2.37. The zero-order valence-corrected chi connectivity index (χ0v) is 14.2. The van der Waals surface area contributed by atoms with Crippen molar-refractivity contribution < 1.29 is 14.3 Å². The number of carbonyl (C=O) groups excluding carboxylic acids is 2. The van der Waals surface area contributed by atoms with Crippen molar-refractivity contribution >= 4 is 11.8 Å². The van der Waals surface area contributed by atoms with Crippen LogP contribution in [-0.2, 0) is 4.79 Å². The molecule has 0 N–H and O–H groups in total. The molecule has 0 bridgehead atoms. The fourth-order valence-corrected chi connectivity index (χ4v) is 3.62. The van der Waals surface area contributed by atoms with Gasteiger partial charge in [-0.05, 0) is 25.0 Å². The van der Waals surface area contributed by atoms with Gasteiger partial charge >= 0.3 is 0 Å². The molecule has 2 amide bonds. The van der Waals surface area contributed by atoms with Gasteiger partial charge in [-0.25, -0.2) is 4.98 Å². The van der Waals surface area contributed by atoms with E-state index < -0.39 is 0 Å². The van der Waals surface area contributed by atoms with Gasteiger partial charge in [0.2, 0.25) is 11.8 Å². The van der Waals surface area contributed by atoms with Gasteiger partial charge < -0.3 is 14.5 Å². The number of methoxy groups -OCH3 is 1. The van der Waals surface area contributed by atoms with Crippen molar-refractivity contribution in [3.8, 4) is 5.88 Å². The SMILES string of the molecule is COc1ncccc1C(=O)N1CCN(C(=O)C2CCCCC2)CC1. The van der Waals surface area contributed by atoms with Gasteiger partial charge in [0.1, 0.15) is 5.56 Å². The summed E-state index contributed by atoms with van der Waals surface area (Å²) in [4.78, 5) is 33.0. The molecule has 1 saturated heterocycles. The van der Waals surface area contributed by atoms with E-state index >= 15 is 0 Å². The first-order valence-electron chi connectivity index (χ1n) is 8.78. The molecule has 2 fully saturated rings. The molecular formula is C18H25N3O3. The lowest BCUT2D eigenvalue weighted by Crippen LogP contribution is -2.52. The average molecular weight is 331 g/mol. The molecule has 24 heavy (non-hydrogen) atoms. The van der Waals surface area contributed by atoms with Crippen molar-refractivity contribution in [2.24, 2.45) is 5.92 Å². The van der Waals surface area contributed by atoms with E-state index in [0.717, 1.165) is 25.7 Å². The van der Waals surface area contributed by atoms with Crippen LogP contribution in [0.25, 0.3) is 0 Å². The summed E-state index contributed by atoms with van der Waals surface area (Å²) in [7, 11) is 1.51. The molecule has 0 atom stereocenters. The quantitative estimate of drug-likeness (QED) is 0.849. The molecule has 6 nitrogen and oxygen atoms in total. The molecule has 0 spiro atoms. The van der Waals surface area contributed by atoms with Crippen LogP contribution < -0.4 is 4.74 Å².